The molecule has 1 spiro atoms. The summed E-state index contributed by atoms with van der Waals surface area (Å²) in [5, 5.41) is 1.11. The molecule has 1 aromatic rings. The third kappa shape index (κ3) is 2.74. The summed E-state index contributed by atoms with van der Waals surface area (Å²) in [6, 6.07) is 3.57. The second-order valence-corrected chi connectivity index (χ2v) is 10.4. The summed E-state index contributed by atoms with van der Waals surface area (Å²) in [5.41, 5.74) is 1.72. The summed E-state index contributed by atoms with van der Waals surface area (Å²) in [5.74, 6) is 0.457. The van der Waals surface area contributed by atoms with Crippen LogP contribution in [0.15, 0.2) is 12.1 Å². The van der Waals surface area contributed by atoms with Crippen LogP contribution in [0, 0.1) is 11.3 Å². The van der Waals surface area contributed by atoms with E-state index in [9.17, 15) is 13.2 Å². The van der Waals surface area contributed by atoms with Gasteiger partial charge >= 0.3 is 0 Å². The lowest BCUT2D eigenvalue weighted by Crippen LogP contribution is -2.39. The van der Waals surface area contributed by atoms with Gasteiger partial charge in [0, 0.05) is 17.5 Å². The molecule has 1 aromatic carbocycles. The van der Waals surface area contributed by atoms with E-state index in [0.717, 1.165) is 30.5 Å². The van der Waals surface area contributed by atoms with E-state index in [0.29, 0.717) is 29.4 Å². The molecule has 130 valence electrons. The zero-order valence-electron chi connectivity index (χ0n) is 13.2. The van der Waals surface area contributed by atoms with Gasteiger partial charge in [-0.15, -0.1) is 0 Å². The number of carbonyl (C=O) groups is 1. The van der Waals surface area contributed by atoms with Gasteiger partial charge in [-0.05, 0) is 55.2 Å². The molecule has 24 heavy (non-hydrogen) atoms. The number of rotatable bonds is 1. The molecule has 0 bridgehead atoms. The summed E-state index contributed by atoms with van der Waals surface area (Å²) in [6.07, 6.45) is 3.79. The third-order valence-electron chi connectivity index (χ3n) is 5.78. The van der Waals surface area contributed by atoms with Gasteiger partial charge in [0.25, 0.3) is 0 Å². The number of carbonyl (C=O) groups excluding carboxylic acids is 1. The van der Waals surface area contributed by atoms with Crippen LogP contribution in [0.25, 0.3) is 0 Å². The molecule has 2 aliphatic heterocycles. The molecule has 2 fully saturated rings. The number of anilines is 1. The van der Waals surface area contributed by atoms with Gasteiger partial charge in [-0.2, -0.15) is 0 Å². The first-order chi connectivity index (χ1) is 11.3. The highest BCUT2D eigenvalue weighted by Crippen LogP contribution is 2.61. The number of benzene rings is 1. The Morgan fingerprint density at radius 2 is 1.92 bits per heavy atom. The predicted molar refractivity (Wildman–Crippen MR) is 95.6 cm³/mol. The van der Waals surface area contributed by atoms with Crippen LogP contribution in [0.1, 0.15) is 31.2 Å². The maximum absolute atomic E-state index is 13.1. The Balaban J connectivity index is 1.58. The van der Waals surface area contributed by atoms with Crippen LogP contribution >= 0.6 is 23.2 Å². The number of hydrogen-bond donors (Lipinski definition) is 0. The zero-order chi connectivity index (χ0) is 17.1. The van der Waals surface area contributed by atoms with Crippen LogP contribution in [-0.4, -0.2) is 32.4 Å². The maximum atomic E-state index is 13.1. The summed E-state index contributed by atoms with van der Waals surface area (Å²) < 4.78 is 23.3. The van der Waals surface area contributed by atoms with E-state index in [2.05, 4.69) is 0 Å². The first-order valence-electron chi connectivity index (χ1n) is 8.31. The van der Waals surface area contributed by atoms with Crippen molar-refractivity contribution in [2.24, 2.45) is 11.3 Å². The molecule has 0 radical (unpaired) electrons. The van der Waals surface area contributed by atoms with Crippen molar-refractivity contribution in [2.45, 2.75) is 32.1 Å². The van der Waals surface area contributed by atoms with Crippen molar-refractivity contribution in [3.63, 3.8) is 0 Å². The highest BCUT2D eigenvalue weighted by molar-refractivity contribution is 7.91. The maximum Gasteiger partial charge on any atom is 0.230 e. The number of nitrogens with zero attached hydrogens (tertiary/aromatic N) is 1. The van der Waals surface area contributed by atoms with Gasteiger partial charge < -0.3 is 4.90 Å². The molecule has 1 amide bonds. The monoisotopic (exact) mass is 387 g/mol. The number of hydrogen-bond acceptors (Lipinski definition) is 3. The lowest BCUT2D eigenvalue weighted by Gasteiger charge is -2.32. The van der Waals surface area contributed by atoms with E-state index in [-0.39, 0.29) is 28.7 Å². The minimum atomic E-state index is -2.91. The van der Waals surface area contributed by atoms with Crippen molar-refractivity contribution in [3.8, 4) is 0 Å². The number of aryl methyl sites for hydroxylation is 1. The lowest BCUT2D eigenvalue weighted by molar-refractivity contribution is -0.120. The Labute approximate surface area is 152 Å². The number of sulfone groups is 1. The summed E-state index contributed by atoms with van der Waals surface area (Å²) in [6.45, 7) is 0.665. The Kier molecular flexibility index (Phi) is 3.90. The molecule has 1 atom stereocenters. The van der Waals surface area contributed by atoms with Crippen molar-refractivity contribution in [1.82, 2.24) is 0 Å². The molecule has 4 nitrogen and oxygen atoms in total. The van der Waals surface area contributed by atoms with Crippen LogP contribution in [0.3, 0.4) is 0 Å². The minimum Gasteiger partial charge on any atom is -0.310 e. The van der Waals surface area contributed by atoms with E-state index in [1.807, 2.05) is 6.07 Å². The fourth-order valence-electron chi connectivity index (χ4n) is 4.25. The normalized spacial score (nSPS) is 26.9. The second kappa shape index (κ2) is 5.61. The Bertz CT molecular complexity index is 807. The smallest absolute Gasteiger partial charge is 0.230 e. The van der Waals surface area contributed by atoms with E-state index in [1.165, 1.54) is 0 Å². The Morgan fingerprint density at radius 3 is 2.62 bits per heavy atom. The molecule has 1 saturated carbocycles. The van der Waals surface area contributed by atoms with Gasteiger partial charge in [0.2, 0.25) is 5.91 Å². The van der Waals surface area contributed by atoms with Crippen molar-refractivity contribution in [1.29, 1.82) is 0 Å². The van der Waals surface area contributed by atoms with Crippen molar-refractivity contribution in [2.75, 3.05) is 23.0 Å². The van der Waals surface area contributed by atoms with Crippen LogP contribution < -0.4 is 4.90 Å². The highest BCUT2D eigenvalue weighted by Gasteiger charge is 2.60. The second-order valence-electron chi connectivity index (χ2n) is 7.26. The summed E-state index contributed by atoms with van der Waals surface area (Å²) >= 11 is 12.5. The van der Waals surface area contributed by atoms with Crippen molar-refractivity contribution < 1.29 is 13.2 Å². The van der Waals surface area contributed by atoms with Gasteiger partial charge in [-0.1, -0.05) is 23.2 Å². The molecule has 0 aromatic heterocycles. The van der Waals surface area contributed by atoms with Gasteiger partial charge in [0.05, 0.1) is 22.2 Å². The molecule has 3 aliphatic rings. The van der Waals surface area contributed by atoms with Gasteiger partial charge in [-0.3, -0.25) is 4.79 Å². The van der Waals surface area contributed by atoms with Gasteiger partial charge in [0.15, 0.2) is 0 Å². The molecule has 1 saturated heterocycles. The zero-order valence-corrected chi connectivity index (χ0v) is 15.6. The van der Waals surface area contributed by atoms with Crippen molar-refractivity contribution in [3.05, 3.63) is 27.7 Å². The van der Waals surface area contributed by atoms with Crippen LogP contribution in [0.2, 0.25) is 10.0 Å². The largest absolute Gasteiger partial charge is 0.310 e. The molecule has 2 heterocycles. The SMILES string of the molecule is O=C(C1CC12CCS(=O)(=O)CC2)N1CCCc2cc(Cl)cc(Cl)c21. The van der Waals surface area contributed by atoms with Gasteiger partial charge in [-0.25, -0.2) is 8.42 Å². The molecular weight excluding hydrogens is 369 g/mol. The van der Waals surface area contributed by atoms with E-state index >= 15 is 0 Å². The molecule has 7 heteroatoms. The first-order valence-corrected chi connectivity index (χ1v) is 10.9. The van der Waals surface area contributed by atoms with E-state index < -0.39 is 9.84 Å². The number of halogens is 2. The standard InChI is InChI=1S/C17H19Cl2NO3S/c18-12-8-11-2-1-5-20(15(11)14(19)9-12)16(21)13-10-17(13)3-6-24(22,23)7-4-17/h8-9,13H,1-7,10H2. The fourth-order valence-corrected chi connectivity index (χ4v) is 6.53. The first kappa shape index (κ1) is 16.7. The minimum absolute atomic E-state index is 0.0642. The predicted octanol–water partition coefficient (Wildman–Crippen LogP) is 3.49. The summed E-state index contributed by atoms with van der Waals surface area (Å²) in [7, 11) is -2.91. The molecular formula is C17H19Cl2NO3S. The van der Waals surface area contributed by atoms with Crippen LogP contribution in [0.5, 0.6) is 0 Å². The van der Waals surface area contributed by atoms with E-state index in [1.54, 1.807) is 11.0 Å². The number of amides is 1. The lowest BCUT2D eigenvalue weighted by atomic mass is 9.94. The van der Waals surface area contributed by atoms with E-state index in [4.69, 9.17) is 23.2 Å². The van der Waals surface area contributed by atoms with Gasteiger partial charge in [0.1, 0.15) is 9.84 Å². The topological polar surface area (TPSA) is 54.5 Å². The van der Waals surface area contributed by atoms with Crippen LogP contribution in [0.4, 0.5) is 5.69 Å². The Hall–Kier alpha value is -0.780. The Morgan fingerprint density at radius 1 is 1.21 bits per heavy atom. The van der Waals surface area contributed by atoms with Crippen LogP contribution in [-0.2, 0) is 21.1 Å². The third-order valence-corrected chi connectivity index (χ3v) is 7.94. The highest BCUT2D eigenvalue weighted by atomic mass is 35.5. The molecule has 0 N–H and O–H groups in total. The molecule has 1 unspecified atom stereocenters. The van der Waals surface area contributed by atoms with Crippen molar-refractivity contribution >= 4 is 44.6 Å². The molecule has 1 aliphatic carbocycles. The fraction of sp³-hybridized carbons (Fsp3) is 0.588. The number of fused-ring (bicyclic) bond motifs is 1. The summed E-state index contributed by atoms with van der Waals surface area (Å²) in [4.78, 5) is 14.9. The average molecular weight is 388 g/mol. The molecule has 4 rings (SSSR count). The average Bonchev–Trinajstić information content (AvgIpc) is 3.23. The quantitative estimate of drug-likeness (QED) is 0.740.